The Kier molecular flexibility index (Phi) is 8.52. The number of benzene rings is 3. The van der Waals surface area contributed by atoms with Gasteiger partial charge in [-0.25, -0.2) is 14.8 Å². The molecule has 1 fully saturated rings. The number of carbonyl (C=O) groups excluding carboxylic acids is 1. The van der Waals surface area contributed by atoms with Crippen LogP contribution < -0.4 is 5.32 Å². The number of phenolic OH excluding ortho intramolecular Hbond substituents is 1. The number of piperidine rings is 1. The number of hydrogen-bond donors (Lipinski definition) is 3. The molecule has 0 saturated carbocycles. The summed E-state index contributed by atoms with van der Waals surface area (Å²) in [4.78, 5) is 24.5. The van der Waals surface area contributed by atoms with Crippen LogP contribution in [0.1, 0.15) is 35.8 Å². The fourth-order valence-corrected chi connectivity index (χ4v) is 6.15. The van der Waals surface area contributed by atoms with E-state index in [1.807, 2.05) is 41.9 Å². The van der Waals surface area contributed by atoms with E-state index in [4.69, 9.17) is 9.72 Å². The van der Waals surface area contributed by atoms with Crippen molar-refractivity contribution in [2.75, 3.05) is 19.6 Å². The van der Waals surface area contributed by atoms with Gasteiger partial charge in [0.25, 0.3) is 0 Å². The van der Waals surface area contributed by atoms with Crippen molar-refractivity contribution < 1.29 is 19.7 Å². The number of alkyl carbamates (subject to hydrolysis) is 1. The minimum absolute atomic E-state index is 0.00313. The highest BCUT2D eigenvalue weighted by Crippen LogP contribution is 2.34. The molecule has 0 radical (unpaired) electrons. The van der Waals surface area contributed by atoms with Gasteiger partial charge in [0.05, 0.1) is 24.0 Å². The molecule has 1 aliphatic heterocycles. The normalized spacial score (nSPS) is 14.8. The number of aromatic hydroxyl groups is 1. The van der Waals surface area contributed by atoms with E-state index in [0.717, 1.165) is 77.2 Å². The van der Waals surface area contributed by atoms with Gasteiger partial charge in [-0.2, -0.15) is 9.61 Å². The minimum atomic E-state index is -0.932. The molecule has 10 nitrogen and oxygen atoms in total. The van der Waals surface area contributed by atoms with Gasteiger partial charge in [-0.1, -0.05) is 66.7 Å². The van der Waals surface area contributed by atoms with E-state index >= 15 is 0 Å². The zero-order chi connectivity index (χ0) is 32.3. The number of aryl methyl sites for hydroxylation is 1. The second-order valence-electron chi connectivity index (χ2n) is 12.0. The molecule has 4 heterocycles. The van der Waals surface area contributed by atoms with Crippen LogP contribution in [0.3, 0.4) is 0 Å². The monoisotopic (exact) mass is 628 g/mol. The zero-order valence-electron chi connectivity index (χ0n) is 26.1. The molecule has 0 spiro atoms. The van der Waals surface area contributed by atoms with Crippen LogP contribution in [0.4, 0.5) is 4.79 Å². The number of phenols is 1. The van der Waals surface area contributed by atoms with Crippen LogP contribution in [0.2, 0.25) is 0 Å². The van der Waals surface area contributed by atoms with E-state index in [2.05, 4.69) is 62.8 Å². The quantitative estimate of drug-likeness (QED) is 0.186. The molecule has 238 valence electrons. The van der Waals surface area contributed by atoms with E-state index in [9.17, 15) is 15.0 Å². The molecule has 6 aromatic rings. The van der Waals surface area contributed by atoms with Crippen LogP contribution in [0.15, 0.2) is 97.2 Å². The van der Waals surface area contributed by atoms with E-state index in [1.165, 1.54) is 17.7 Å². The third-order valence-electron chi connectivity index (χ3n) is 8.60. The Morgan fingerprint density at radius 2 is 1.77 bits per heavy atom. The maximum atomic E-state index is 12.4. The lowest BCUT2D eigenvalue weighted by molar-refractivity contribution is 0.0462. The molecule has 3 aromatic carbocycles. The minimum Gasteiger partial charge on any atom is -0.508 e. The van der Waals surface area contributed by atoms with Crippen molar-refractivity contribution in [2.24, 2.45) is 0 Å². The SMILES string of the molecule is Cc1cc2ncc3cc(-c4ccccc4)c(-c4ccc(CN5CCC(OC(=O)NCC(O)c6cccc(O)c6)CC5)cc4)nc3n2n1. The maximum Gasteiger partial charge on any atom is 0.407 e. The number of rotatable bonds is 8. The summed E-state index contributed by atoms with van der Waals surface area (Å²) in [6.45, 7) is 4.37. The first-order valence-electron chi connectivity index (χ1n) is 15.8. The van der Waals surface area contributed by atoms with Crippen LogP contribution in [0, 0.1) is 6.92 Å². The first-order chi connectivity index (χ1) is 22.9. The average Bonchev–Trinajstić information content (AvgIpc) is 3.49. The highest BCUT2D eigenvalue weighted by Gasteiger charge is 2.23. The summed E-state index contributed by atoms with van der Waals surface area (Å²) in [6.07, 6.45) is 1.68. The molecule has 1 amide bonds. The highest BCUT2D eigenvalue weighted by atomic mass is 16.6. The zero-order valence-corrected chi connectivity index (χ0v) is 26.1. The van der Waals surface area contributed by atoms with Crippen molar-refractivity contribution in [1.29, 1.82) is 0 Å². The molecule has 1 atom stereocenters. The predicted octanol–water partition coefficient (Wildman–Crippen LogP) is 6.05. The smallest absolute Gasteiger partial charge is 0.407 e. The first-order valence-corrected chi connectivity index (χ1v) is 15.8. The molecule has 0 bridgehead atoms. The Hall–Kier alpha value is -5.32. The van der Waals surface area contributed by atoms with Crippen LogP contribution in [0.25, 0.3) is 39.1 Å². The number of aliphatic hydroxyl groups is 1. The predicted molar refractivity (Wildman–Crippen MR) is 180 cm³/mol. The van der Waals surface area contributed by atoms with Crippen molar-refractivity contribution in [3.8, 4) is 28.1 Å². The van der Waals surface area contributed by atoms with Crippen molar-refractivity contribution in [1.82, 2.24) is 29.8 Å². The molecule has 3 aromatic heterocycles. The number of aromatic nitrogens is 4. The molecule has 7 rings (SSSR count). The number of amides is 1. The Bertz CT molecular complexity index is 2020. The number of nitrogens with zero attached hydrogens (tertiary/aromatic N) is 5. The largest absolute Gasteiger partial charge is 0.508 e. The first kappa shape index (κ1) is 30.3. The molecule has 3 N–H and O–H groups in total. The van der Waals surface area contributed by atoms with Gasteiger partial charge in [-0.3, -0.25) is 4.90 Å². The number of carbonyl (C=O) groups is 1. The van der Waals surface area contributed by atoms with Crippen LogP contribution >= 0.6 is 0 Å². The van der Waals surface area contributed by atoms with E-state index < -0.39 is 12.2 Å². The summed E-state index contributed by atoms with van der Waals surface area (Å²) in [5, 5.41) is 28.1. The summed E-state index contributed by atoms with van der Waals surface area (Å²) in [6, 6.07) is 29.3. The van der Waals surface area contributed by atoms with Gasteiger partial charge in [-0.15, -0.1) is 0 Å². The maximum absolute atomic E-state index is 12.4. The van der Waals surface area contributed by atoms with Crippen LogP contribution in [-0.4, -0.2) is 66.5 Å². The molecule has 1 aliphatic rings. The molecular weight excluding hydrogens is 592 g/mol. The van der Waals surface area contributed by atoms with Gasteiger partial charge in [-0.05, 0) is 54.7 Å². The fraction of sp³-hybridized carbons (Fsp3) is 0.243. The van der Waals surface area contributed by atoms with Crippen LogP contribution in [0.5, 0.6) is 5.75 Å². The number of aliphatic hydroxyl groups excluding tert-OH is 1. The summed E-state index contributed by atoms with van der Waals surface area (Å²) in [5.74, 6) is 0.0652. The lowest BCUT2D eigenvalue weighted by Gasteiger charge is -2.31. The third kappa shape index (κ3) is 6.79. The number of likely N-dealkylation sites (tertiary alicyclic amines) is 1. The molecular formula is C37H36N6O4. The Morgan fingerprint density at radius 3 is 2.53 bits per heavy atom. The molecule has 10 heteroatoms. The second kappa shape index (κ2) is 13.2. The second-order valence-corrected chi connectivity index (χ2v) is 12.0. The number of nitrogens with one attached hydrogen (secondary N) is 1. The van der Waals surface area contributed by atoms with Gasteiger partial charge in [0.15, 0.2) is 11.3 Å². The number of ether oxygens (including phenoxy) is 1. The molecule has 0 aliphatic carbocycles. The Balaban J connectivity index is 0.994. The van der Waals surface area contributed by atoms with Gasteiger partial charge < -0.3 is 20.3 Å². The van der Waals surface area contributed by atoms with E-state index in [0.29, 0.717) is 5.56 Å². The lowest BCUT2D eigenvalue weighted by Crippen LogP contribution is -2.39. The highest BCUT2D eigenvalue weighted by molar-refractivity contribution is 5.90. The third-order valence-corrected chi connectivity index (χ3v) is 8.60. The number of fused-ring (bicyclic) bond motifs is 3. The molecule has 47 heavy (non-hydrogen) atoms. The standard InChI is InChI=1S/C37H36N6O4/c1-24-18-34-38-21-29-20-32(26-6-3-2-4-7-26)35(40-36(29)43(34)41-24)27-12-10-25(11-13-27)23-42-16-14-31(15-17-42)47-37(46)39-22-33(45)28-8-5-9-30(44)19-28/h2-13,18-21,31,33,44-45H,14-17,22-23H2,1H3,(H,39,46). The summed E-state index contributed by atoms with van der Waals surface area (Å²) in [7, 11) is 0. The van der Waals surface area contributed by atoms with Crippen LogP contribution in [-0.2, 0) is 11.3 Å². The van der Waals surface area contributed by atoms with Crippen molar-refractivity contribution in [2.45, 2.75) is 38.5 Å². The summed E-state index contributed by atoms with van der Waals surface area (Å²) < 4.78 is 7.43. The number of pyridine rings is 1. The van der Waals surface area contributed by atoms with E-state index in [1.54, 1.807) is 12.1 Å². The van der Waals surface area contributed by atoms with Crippen molar-refractivity contribution >= 4 is 22.8 Å². The summed E-state index contributed by atoms with van der Waals surface area (Å²) >= 11 is 0. The van der Waals surface area contributed by atoms with Crippen molar-refractivity contribution in [3.63, 3.8) is 0 Å². The lowest BCUT2D eigenvalue weighted by atomic mass is 9.97. The summed E-state index contributed by atoms with van der Waals surface area (Å²) in [5.41, 5.74) is 8.20. The van der Waals surface area contributed by atoms with Gasteiger partial charge in [0.1, 0.15) is 11.9 Å². The Morgan fingerprint density at radius 1 is 0.979 bits per heavy atom. The average molecular weight is 629 g/mol. The van der Waals surface area contributed by atoms with Gasteiger partial charge in [0.2, 0.25) is 0 Å². The van der Waals surface area contributed by atoms with Crippen molar-refractivity contribution in [3.05, 3.63) is 114 Å². The topological polar surface area (TPSA) is 125 Å². The van der Waals surface area contributed by atoms with Gasteiger partial charge in [0, 0.05) is 48.4 Å². The molecule has 1 unspecified atom stereocenters. The van der Waals surface area contributed by atoms with E-state index in [-0.39, 0.29) is 18.4 Å². The van der Waals surface area contributed by atoms with Gasteiger partial charge >= 0.3 is 6.09 Å². The Labute approximate surface area is 272 Å². The number of hydrogen-bond acceptors (Lipinski definition) is 8. The fourth-order valence-electron chi connectivity index (χ4n) is 6.15. The molecule has 1 saturated heterocycles.